The molecule has 0 atom stereocenters. The lowest BCUT2D eigenvalue weighted by Gasteiger charge is -2.04. The Labute approximate surface area is 107 Å². The van der Waals surface area contributed by atoms with Gasteiger partial charge in [-0.25, -0.2) is 4.98 Å². The molecule has 1 heterocycles. The molecule has 0 saturated heterocycles. The standard InChI is InChI=1S/C15H16N2O/c1-16-15-12-14(9-10-17-15)18-11-5-8-13-6-3-2-4-7-13/h2-10,12H,11H2,1H3,(H,16,17)/b8-5+. The van der Waals surface area contributed by atoms with Crippen molar-refractivity contribution in [2.45, 2.75) is 0 Å². The van der Waals surface area contributed by atoms with Crippen LogP contribution in [0.4, 0.5) is 5.82 Å². The SMILES string of the molecule is CNc1cc(OC/C=C/c2ccccc2)ccn1. The normalized spacial score (nSPS) is 10.5. The number of benzene rings is 1. The molecule has 3 nitrogen and oxygen atoms in total. The van der Waals surface area contributed by atoms with Gasteiger partial charge in [0.1, 0.15) is 18.2 Å². The molecule has 0 aliphatic rings. The summed E-state index contributed by atoms with van der Waals surface area (Å²) in [5.74, 6) is 1.62. The van der Waals surface area contributed by atoms with Gasteiger partial charge in [-0.05, 0) is 17.7 Å². The van der Waals surface area contributed by atoms with Gasteiger partial charge in [-0.3, -0.25) is 0 Å². The molecule has 0 amide bonds. The monoisotopic (exact) mass is 240 g/mol. The number of hydrogen-bond donors (Lipinski definition) is 1. The van der Waals surface area contributed by atoms with Gasteiger partial charge < -0.3 is 10.1 Å². The summed E-state index contributed by atoms with van der Waals surface area (Å²) >= 11 is 0. The Morgan fingerprint density at radius 3 is 2.83 bits per heavy atom. The van der Waals surface area contributed by atoms with E-state index in [0.29, 0.717) is 6.61 Å². The van der Waals surface area contributed by atoms with E-state index in [0.717, 1.165) is 11.6 Å². The number of ether oxygens (including phenoxy) is 1. The second-order valence-electron chi connectivity index (χ2n) is 3.75. The number of pyridine rings is 1. The fraction of sp³-hybridized carbons (Fsp3) is 0.133. The van der Waals surface area contributed by atoms with Gasteiger partial charge in [0.25, 0.3) is 0 Å². The Hall–Kier alpha value is -2.29. The van der Waals surface area contributed by atoms with Gasteiger partial charge in [-0.1, -0.05) is 36.4 Å². The molecule has 0 bridgehead atoms. The number of nitrogens with zero attached hydrogens (tertiary/aromatic N) is 1. The average molecular weight is 240 g/mol. The molecule has 1 aromatic carbocycles. The third-order valence-electron chi connectivity index (χ3n) is 2.44. The van der Waals surface area contributed by atoms with Crippen LogP contribution in [-0.2, 0) is 0 Å². The van der Waals surface area contributed by atoms with E-state index in [9.17, 15) is 0 Å². The molecule has 2 aromatic rings. The van der Waals surface area contributed by atoms with Crippen LogP contribution in [0.1, 0.15) is 5.56 Å². The highest BCUT2D eigenvalue weighted by molar-refractivity contribution is 5.48. The van der Waals surface area contributed by atoms with E-state index in [1.807, 2.05) is 49.5 Å². The lowest BCUT2D eigenvalue weighted by atomic mass is 10.2. The minimum absolute atomic E-state index is 0.544. The van der Waals surface area contributed by atoms with Gasteiger partial charge in [0.05, 0.1) is 0 Å². The van der Waals surface area contributed by atoms with Crippen LogP contribution < -0.4 is 10.1 Å². The summed E-state index contributed by atoms with van der Waals surface area (Å²) in [6.45, 7) is 0.544. The highest BCUT2D eigenvalue weighted by Crippen LogP contribution is 2.13. The Morgan fingerprint density at radius 1 is 1.22 bits per heavy atom. The third kappa shape index (κ3) is 3.63. The highest BCUT2D eigenvalue weighted by atomic mass is 16.5. The average Bonchev–Trinajstić information content (AvgIpc) is 2.45. The van der Waals surface area contributed by atoms with E-state index in [1.54, 1.807) is 6.20 Å². The summed E-state index contributed by atoms with van der Waals surface area (Å²) in [5, 5.41) is 2.97. The summed E-state index contributed by atoms with van der Waals surface area (Å²) in [4.78, 5) is 4.12. The first kappa shape index (κ1) is 12.2. The molecule has 0 unspecified atom stereocenters. The smallest absolute Gasteiger partial charge is 0.129 e. The Bertz CT molecular complexity index is 509. The molecule has 0 saturated carbocycles. The molecule has 0 radical (unpaired) electrons. The summed E-state index contributed by atoms with van der Waals surface area (Å²) in [6, 6.07) is 13.9. The van der Waals surface area contributed by atoms with E-state index >= 15 is 0 Å². The Morgan fingerprint density at radius 2 is 2.06 bits per heavy atom. The van der Waals surface area contributed by atoms with Crippen LogP contribution in [-0.4, -0.2) is 18.6 Å². The Balaban J connectivity index is 1.86. The van der Waals surface area contributed by atoms with Crippen LogP contribution >= 0.6 is 0 Å². The first-order chi connectivity index (χ1) is 8.88. The highest BCUT2D eigenvalue weighted by Gasteiger charge is 1.94. The van der Waals surface area contributed by atoms with Crippen molar-refractivity contribution in [3.05, 3.63) is 60.3 Å². The molecule has 3 heteroatoms. The van der Waals surface area contributed by atoms with Gasteiger partial charge in [-0.15, -0.1) is 0 Å². The second kappa shape index (κ2) is 6.45. The van der Waals surface area contributed by atoms with Crippen molar-refractivity contribution in [3.8, 4) is 5.75 Å². The maximum Gasteiger partial charge on any atom is 0.129 e. The summed E-state index contributed by atoms with van der Waals surface area (Å²) < 4.78 is 5.60. The maximum atomic E-state index is 5.60. The van der Waals surface area contributed by atoms with Crippen molar-refractivity contribution in [2.75, 3.05) is 19.0 Å². The molecule has 0 aliphatic carbocycles. The predicted octanol–water partition coefficient (Wildman–Crippen LogP) is 3.22. The van der Waals surface area contributed by atoms with E-state index in [2.05, 4.69) is 22.4 Å². The first-order valence-corrected chi connectivity index (χ1v) is 5.86. The van der Waals surface area contributed by atoms with E-state index in [-0.39, 0.29) is 0 Å². The number of anilines is 1. The number of rotatable bonds is 5. The van der Waals surface area contributed by atoms with E-state index in [4.69, 9.17) is 4.74 Å². The fourth-order valence-electron chi connectivity index (χ4n) is 1.53. The summed E-state index contributed by atoms with van der Waals surface area (Å²) in [6.07, 6.45) is 5.76. The largest absolute Gasteiger partial charge is 0.489 e. The number of hydrogen-bond acceptors (Lipinski definition) is 3. The van der Waals surface area contributed by atoms with Crippen LogP contribution in [0, 0.1) is 0 Å². The van der Waals surface area contributed by atoms with Crippen molar-refractivity contribution in [3.63, 3.8) is 0 Å². The van der Waals surface area contributed by atoms with Crippen molar-refractivity contribution >= 4 is 11.9 Å². The minimum Gasteiger partial charge on any atom is -0.489 e. The van der Waals surface area contributed by atoms with E-state index in [1.165, 1.54) is 5.56 Å². The van der Waals surface area contributed by atoms with Crippen molar-refractivity contribution in [1.82, 2.24) is 4.98 Å². The molecule has 2 rings (SSSR count). The van der Waals surface area contributed by atoms with E-state index < -0.39 is 0 Å². The van der Waals surface area contributed by atoms with Gasteiger partial charge in [0.15, 0.2) is 0 Å². The Kier molecular flexibility index (Phi) is 4.36. The van der Waals surface area contributed by atoms with Crippen molar-refractivity contribution in [1.29, 1.82) is 0 Å². The third-order valence-corrected chi connectivity index (χ3v) is 2.44. The first-order valence-electron chi connectivity index (χ1n) is 5.86. The molecule has 0 aliphatic heterocycles. The van der Waals surface area contributed by atoms with Crippen molar-refractivity contribution < 1.29 is 4.74 Å². The molecule has 92 valence electrons. The lowest BCUT2D eigenvalue weighted by molar-refractivity contribution is 0.363. The molecule has 1 aromatic heterocycles. The molecule has 1 N–H and O–H groups in total. The molecule has 0 spiro atoms. The summed E-state index contributed by atoms with van der Waals surface area (Å²) in [5.41, 5.74) is 1.17. The maximum absolute atomic E-state index is 5.60. The van der Waals surface area contributed by atoms with Crippen LogP contribution in [0.5, 0.6) is 5.75 Å². The molecule has 0 fully saturated rings. The van der Waals surface area contributed by atoms with Gasteiger partial charge in [0.2, 0.25) is 0 Å². The predicted molar refractivity (Wildman–Crippen MR) is 74.8 cm³/mol. The topological polar surface area (TPSA) is 34.1 Å². The van der Waals surface area contributed by atoms with Gasteiger partial charge in [0, 0.05) is 19.3 Å². The summed E-state index contributed by atoms with van der Waals surface area (Å²) in [7, 11) is 1.83. The zero-order valence-corrected chi connectivity index (χ0v) is 10.3. The minimum atomic E-state index is 0.544. The van der Waals surface area contributed by atoms with Crippen LogP contribution in [0.3, 0.4) is 0 Å². The van der Waals surface area contributed by atoms with Crippen LogP contribution in [0.2, 0.25) is 0 Å². The molecular formula is C15H16N2O. The van der Waals surface area contributed by atoms with Crippen molar-refractivity contribution in [2.24, 2.45) is 0 Å². The fourth-order valence-corrected chi connectivity index (χ4v) is 1.53. The molecule has 18 heavy (non-hydrogen) atoms. The van der Waals surface area contributed by atoms with Crippen LogP contribution in [0.15, 0.2) is 54.7 Å². The quantitative estimate of drug-likeness (QED) is 0.871. The zero-order valence-electron chi connectivity index (χ0n) is 10.3. The zero-order chi connectivity index (χ0) is 12.6. The lowest BCUT2D eigenvalue weighted by Crippen LogP contribution is -1.96. The van der Waals surface area contributed by atoms with Gasteiger partial charge >= 0.3 is 0 Å². The number of aromatic nitrogens is 1. The molecular weight excluding hydrogens is 224 g/mol. The second-order valence-corrected chi connectivity index (χ2v) is 3.75. The van der Waals surface area contributed by atoms with Crippen LogP contribution in [0.25, 0.3) is 6.08 Å². The van der Waals surface area contributed by atoms with Gasteiger partial charge in [-0.2, -0.15) is 0 Å². The number of nitrogens with one attached hydrogen (secondary N) is 1.